The maximum atomic E-state index is 11.8. The Morgan fingerprint density at radius 3 is 2.26 bits per heavy atom. The molecule has 0 saturated carbocycles. The van der Waals surface area contributed by atoms with Crippen LogP contribution in [0.4, 0.5) is 16.2 Å². The van der Waals surface area contributed by atoms with Gasteiger partial charge in [-0.1, -0.05) is 0 Å². The van der Waals surface area contributed by atoms with Crippen molar-refractivity contribution in [2.75, 3.05) is 22.3 Å². The number of nitrogens with two attached hydrogens (primary N) is 1. The van der Waals surface area contributed by atoms with Gasteiger partial charge in [-0.25, -0.2) is 4.79 Å². The van der Waals surface area contributed by atoms with E-state index < -0.39 is 6.03 Å². The topological polar surface area (TPSA) is 96.2 Å². The molecule has 1 fully saturated rings. The summed E-state index contributed by atoms with van der Waals surface area (Å²) in [7, 11) is 0. The van der Waals surface area contributed by atoms with Gasteiger partial charge < -0.3 is 16.4 Å². The van der Waals surface area contributed by atoms with E-state index in [0.717, 1.165) is 11.6 Å². The molecule has 1 unspecified atom stereocenters. The number of rotatable bonds is 3. The summed E-state index contributed by atoms with van der Waals surface area (Å²) in [5.41, 5.74) is 6.28. The molecule has 104 valence electrons. The fourth-order valence-electron chi connectivity index (χ4n) is 1.57. The molecule has 0 spiro atoms. The fraction of sp³-hybridized carbons (Fsp3) is 0.273. The molecule has 5 N–H and O–H groups in total. The second-order valence-electron chi connectivity index (χ2n) is 3.83. The van der Waals surface area contributed by atoms with Crippen LogP contribution >= 0.6 is 24.2 Å². The van der Waals surface area contributed by atoms with Gasteiger partial charge in [0.1, 0.15) is 0 Å². The van der Waals surface area contributed by atoms with Crippen LogP contribution in [-0.2, 0) is 4.79 Å². The van der Waals surface area contributed by atoms with Crippen molar-refractivity contribution in [3.05, 3.63) is 24.3 Å². The van der Waals surface area contributed by atoms with Gasteiger partial charge in [0.2, 0.25) is 5.91 Å². The first-order valence-electron chi connectivity index (χ1n) is 5.43. The first-order chi connectivity index (χ1) is 8.65. The van der Waals surface area contributed by atoms with E-state index in [9.17, 15) is 9.59 Å². The summed E-state index contributed by atoms with van der Waals surface area (Å²) in [6.07, 6.45) is 0. The zero-order valence-corrected chi connectivity index (χ0v) is 11.6. The van der Waals surface area contributed by atoms with E-state index in [-0.39, 0.29) is 24.4 Å². The van der Waals surface area contributed by atoms with Crippen LogP contribution in [0.15, 0.2) is 24.3 Å². The summed E-state index contributed by atoms with van der Waals surface area (Å²) in [6.45, 7) is 0. The lowest BCUT2D eigenvalue weighted by Crippen LogP contribution is -2.37. The third kappa shape index (κ3) is 4.62. The lowest BCUT2D eigenvalue weighted by molar-refractivity contribution is -0.117. The highest BCUT2D eigenvalue weighted by molar-refractivity contribution is 7.99. The van der Waals surface area contributed by atoms with Crippen molar-refractivity contribution in [1.82, 2.24) is 5.32 Å². The molecular weight excluding hydrogens is 288 g/mol. The van der Waals surface area contributed by atoms with Crippen LogP contribution in [0.25, 0.3) is 0 Å². The number of benzene rings is 1. The number of urea groups is 1. The minimum atomic E-state index is -0.612. The summed E-state index contributed by atoms with van der Waals surface area (Å²) in [6, 6.07) is 6.03. The smallest absolute Gasteiger partial charge is 0.316 e. The molecule has 8 heteroatoms. The quantitative estimate of drug-likeness (QED) is 0.674. The molecule has 2 rings (SSSR count). The highest BCUT2D eigenvalue weighted by Gasteiger charge is 2.22. The van der Waals surface area contributed by atoms with Crippen LogP contribution < -0.4 is 21.7 Å². The standard InChI is InChI=1S/C11H14N4O2S.ClH/c12-11(17)15-8-3-1-7(2-4-8)14-10(16)9-5-18-6-13-9;/h1-4,9,13H,5-6H2,(H,14,16)(H3,12,15,17);1H. The van der Waals surface area contributed by atoms with Gasteiger partial charge in [0.15, 0.2) is 0 Å². The summed E-state index contributed by atoms with van der Waals surface area (Å²) >= 11 is 1.70. The Bertz CT molecular complexity index is 449. The van der Waals surface area contributed by atoms with Crippen molar-refractivity contribution in [1.29, 1.82) is 0 Å². The number of hydrogen-bond donors (Lipinski definition) is 4. The predicted molar refractivity (Wildman–Crippen MR) is 79.8 cm³/mol. The molecule has 1 aliphatic rings. The van der Waals surface area contributed by atoms with E-state index in [0.29, 0.717) is 11.4 Å². The SMILES string of the molecule is Cl.NC(=O)Nc1ccc(NC(=O)C2CSCN2)cc1. The molecule has 0 aromatic heterocycles. The number of primary amides is 1. The molecule has 1 atom stereocenters. The van der Waals surface area contributed by atoms with Crippen LogP contribution in [-0.4, -0.2) is 29.6 Å². The van der Waals surface area contributed by atoms with E-state index in [1.165, 1.54) is 0 Å². The molecule has 1 aromatic carbocycles. The number of nitrogens with one attached hydrogen (secondary N) is 3. The largest absolute Gasteiger partial charge is 0.351 e. The first kappa shape index (κ1) is 15.6. The Morgan fingerprint density at radius 1 is 1.21 bits per heavy atom. The molecule has 6 nitrogen and oxygen atoms in total. The van der Waals surface area contributed by atoms with E-state index in [4.69, 9.17) is 5.73 Å². The van der Waals surface area contributed by atoms with Crippen molar-refractivity contribution in [3.63, 3.8) is 0 Å². The molecular formula is C11H15ClN4O2S. The number of anilines is 2. The number of carbonyl (C=O) groups is 2. The summed E-state index contributed by atoms with van der Waals surface area (Å²) in [5, 5.41) is 8.35. The van der Waals surface area contributed by atoms with Gasteiger partial charge in [0.25, 0.3) is 0 Å². The first-order valence-corrected chi connectivity index (χ1v) is 6.59. The third-order valence-corrected chi connectivity index (χ3v) is 3.39. The summed E-state index contributed by atoms with van der Waals surface area (Å²) in [5.74, 6) is 1.54. The number of hydrogen-bond acceptors (Lipinski definition) is 4. The Morgan fingerprint density at radius 2 is 1.79 bits per heavy atom. The van der Waals surface area contributed by atoms with Crippen LogP contribution in [0.3, 0.4) is 0 Å². The van der Waals surface area contributed by atoms with Crippen LogP contribution in [0.5, 0.6) is 0 Å². The average molecular weight is 303 g/mol. The molecule has 1 aromatic rings. The minimum absolute atomic E-state index is 0. The Balaban J connectivity index is 0.00000180. The molecule has 19 heavy (non-hydrogen) atoms. The van der Waals surface area contributed by atoms with Gasteiger partial charge >= 0.3 is 6.03 Å². The molecule has 1 saturated heterocycles. The van der Waals surface area contributed by atoms with E-state index in [1.54, 1.807) is 36.0 Å². The van der Waals surface area contributed by atoms with E-state index >= 15 is 0 Å². The number of carbonyl (C=O) groups excluding carboxylic acids is 2. The molecule has 0 aliphatic carbocycles. The van der Waals surface area contributed by atoms with Crippen molar-refractivity contribution >= 4 is 47.5 Å². The summed E-state index contributed by atoms with van der Waals surface area (Å²) in [4.78, 5) is 22.4. The minimum Gasteiger partial charge on any atom is -0.351 e. The van der Waals surface area contributed by atoms with Crippen LogP contribution in [0, 0.1) is 0 Å². The zero-order chi connectivity index (χ0) is 13.0. The highest BCUT2D eigenvalue weighted by atomic mass is 35.5. The molecule has 0 radical (unpaired) electrons. The number of halogens is 1. The Labute approximate surface area is 121 Å². The fourth-order valence-corrected chi connectivity index (χ4v) is 2.51. The van der Waals surface area contributed by atoms with E-state index in [1.807, 2.05) is 0 Å². The molecule has 1 aliphatic heterocycles. The van der Waals surface area contributed by atoms with Crippen molar-refractivity contribution < 1.29 is 9.59 Å². The lowest BCUT2D eigenvalue weighted by Gasteiger charge is -2.10. The maximum Gasteiger partial charge on any atom is 0.316 e. The average Bonchev–Trinajstić information content (AvgIpc) is 2.84. The van der Waals surface area contributed by atoms with Crippen molar-refractivity contribution in [2.45, 2.75) is 6.04 Å². The van der Waals surface area contributed by atoms with Gasteiger partial charge in [0.05, 0.1) is 6.04 Å². The van der Waals surface area contributed by atoms with Crippen molar-refractivity contribution in [2.24, 2.45) is 5.73 Å². The second-order valence-corrected chi connectivity index (χ2v) is 4.86. The van der Waals surface area contributed by atoms with Gasteiger partial charge in [-0.3, -0.25) is 10.1 Å². The Kier molecular flexibility index (Phi) is 5.94. The normalized spacial score (nSPS) is 17.4. The highest BCUT2D eigenvalue weighted by Crippen LogP contribution is 2.15. The Hall–Kier alpha value is -1.44. The summed E-state index contributed by atoms with van der Waals surface area (Å²) < 4.78 is 0. The van der Waals surface area contributed by atoms with Crippen molar-refractivity contribution in [3.8, 4) is 0 Å². The zero-order valence-electron chi connectivity index (χ0n) is 10.0. The monoisotopic (exact) mass is 302 g/mol. The number of amides is 3. The molecule has 3 amide bonds. The number of thioether (sulfide) groups is 1. The molecule has 1 heterocycles. The lowest BCUT2D eigenvalue weighted by atomic mass is 10.2. The van der Waals surface area contributed by atoms with Gasteiger partial charge in [-0.15, -0.1) is 24.2 Å². The second kappa shape index (κ2) is 7.22. The predicted octanol–water partition coefficient (Wildman–Crippen LogP) is 1.20. The van der Waals surface area contributed by atoms with Crippen LogP contribution in [0.1, 0.15) is 0 Å². The molecule has 0 bridgehead atoms. The van der Waals surface area contributed by atoms with Crippen LogP contribution in [0.2, 0.25) is 0 Å². The van der Waals surface area contributed by atoms with Gasteiger partial charge in [-0.05, 0) is 24.3 Å². The van der Waals surface area contributed by atoms with E-state index in [2.05, 4.69) is 16.0 Å². The van der Waals surface area contributed by atoms with Gasteiger partial charge in [-0.2, -0.15) is 0 Å². The third-order valence-electron chi connectivity index (χ3n) is 2.45. The van der Waals surface area contributed by atoms with Gasteiger partial charge in [0, 0.05) is 23.0 Å². The maximum absolute atomic E-state index is 11.8.